The minimum atomic E-state index is 0.575. The van der Waals surface area contributed by atoms with Gasteiger partial charge in [0.05, 0.1) is 11.0 Å². The molecule has 0 saturated heterocycles. The molecule has 104 valence electrons. The van der Waals surface area contributed by atoms with Crippen LogP contribution in [-0.4, -0.2) is 14.4 Å². The van der Waals surface area contributed by atoms with Crippen LogP contribution in [0.4, 0.5) is 0 Å². The van der Waals surface area contributed by atoms with Crippen molar-refractivity contribution in [2.45, 2.75) is 51.4 Å². The Balaban J connectivity index is 2.28. The number of alkyl halides is 1. The third kappa shape index (κ3) is 3.59. The van der Waals surface area contributed by atoms with Crippen LogP contribution in [0.15, 0.2) is 24.3 Å². The summed E-state index contributed by atoms with van der Waals surface area (Å²) in [7, 11) is 0. The van der Waals surface area contributed by atoms with Crippen LogP contribution in [0.5, 0.6) is 0 Å². The number of fused-ring (bicyclic) bond motifs is 1. The highest BCUT2D eigenvalue weighted by molar-refractivity contribution is 9.09. The minimum absolute atomic E-state index is 0.575. The lowest BCUT2D eigenvalue weighted by molar-refractivity contribution is 0.502. The first-order valence-corrected chi connectivity index (χ1v) is 8.11. The van der Waals surface area contributed by atoms with Gasteiger partial charge < -0.3 is 4.57 Å². The fourth-order valence-electron chi connectivity index (χ4n) is 2.70. The molecule has 0 spiro atoms. The van der Waals surface area contributed by atoms with Gasteiger partial charge in [0.15, 0.2) is 0 Å². The van der Waals surface area contributed by atoms with Crippen molar-refractivity contribution in [2.75, 3.05) is 0 Å². The van der Waals surface area contributed by atoms with Gasteiger partial charge in [-0.15, -0.1) is 0 Å². The molecule has 19 heavy (non-hydrogen) atoms. The van der Waals surface area contributed by atoms with Gasteiger partial charge in [0.1, 0.15) is 5.82 Å². The van der Waals surface area contributed by atoms with Gasteiger partial charge in [0.25, 0.3) is 0 Å². The Morgan fingerprint density at radius 2 is 2.00 bits per heavy atom. The molecule has 1 heterocycles. The second-order valence-electron chi connectivity index (χ2n) is 5.49. The molecule has 2 nitrogen and oxygen atoms in total. The van der Waals surface area contributed by atoms with E-state index in [0.717, 1.165) is 24.9 Å². The molecule has 2 aromatic rings. The Hall–Kier alpha value is -0.830. The third-order valence-electron chi connectivity index (χ3n) is 3.44. The number of benzene rings is 1. The summed E-state index contributed by atoms with van der Waals surface area (Å²) in [4.78, 5) is 5.40. The molecule has 0 saturated carbocycles. The second kappa shape index (κ2) is 6.56. The fourth-order valence-corrected chi connectivity index (χ4v) is 3.34. The van der Waals surface area contributed by atoms with E-state index in [2.05, 4.69) is 65.5 Å². The lowest BCUT2D eigenvalue weighted by Crippen LogP contribution is -2.11. The lowest BCUT2D eigenvalue weighted by Gasteiger charge is -2.14. The number of halogens is 1. The monoisotopic (exact) mass is 322 g/mol. The van der Waals surface area contributed by atoms with Gasteiger partial charge in [-0.05, 0) is 30.9 Å². The first kappa shape index (κ1) is 14.6. The van der Waals surface area contributed by atoms with Crippen LogP contribution in [0.3, 0.4) is 0 Å². The zero-order chi connectivity index (χ0) is 13.8. The van der Waals surface area contributed by atoms with Gasteiger partial charge >= 0.3 is 0 Å². The lowest BCUT2D eigenvalue weighted by atomic mass is 10.0. The third-order valence-corrected chi connectivity index (χ3v) is 3.81. The van der Waals surface area contributed by atoms with Gasteiger partial charge in [0.2, 0.25) is 0 Å². The number of rotatable bonds is 6. The van der Waals surface area contributed by atoms with Crippen LogP contribution in [-0.2, 0) is 13.0 Å². The Morgan fingerprint density at radius 3 is 2.68 bits per heavy atom. The van der Waals surface area contributed by atoms with E-state index in [1.807, 2.05) is 0 Å². The maximum absolute atomic E-state index is 4.83. The van der Waals surface area contributed by atoms with E-state index < -0.39 is 0 Å². The average Bonchev–Trinajstić information content (AvgIpc) is 2.67. The Morgan fingerprint density at radius 1 is 1.26 bits per heavy atom. The van der Waals surface area contributed by atoms with E-state index in [1.54, 1.807) is 0 Å². The first-order chi connectivity index (χ1) is 9.11. The molecular formula is C16H23BrN2. The molecular weight excluding hydrogens is 300 g/mol. The molecule has 0 aliphatic carbocycles. The summed E-state index contributed by atoms with van der Waals surface area (Å²) in [5, 5.41) is 0. The van der Waals surface area contributed by atoms with Crippen molar-refractivity contribution >= 4 is 27.0 Å². The number of nitrogens with zero attached hydrogens (tertiary/aromatic N) is 2. The maximum Gasteiger partial charge on any atom is 0.110 e. The molecule has 0 radical (unpaired) electrons. The normalized spacial score (nSPS) is 14.7. The zero-order valence-electron chi connectivity index (χ0n) is 12.1. The second-order valence-corrected chi connectivity index (χ2v) is 7.06. The fraction of sp³-hybridized carbons (Fsp3) is 0.562. The molecule has 2 unspecified atom stereocenters. The SMILES string of the molecule is CCCn1c(CC(C)CC(C)Br)nc2ccccc21. The summed E-state index contributed by atoms with van der Waals surface area (Å²) in [5.41, 5.74) is 2.41. The minimum Gasteiger partial charge on any atom is -0.328 e. The largest absolute Gasteiger partial charge is 0.328 e. The van der Waals surface area contributed by atoms with Crippen LogP contribution in [0.2, 0.25) is 0 Å². The molecule has 0 aliphatic rings. The predicted molar refractivity (Wildman–Crippen MR) is 85.9 cm³/mol. The molecule has 1 aromatic carbocycles. The van der Waals surface area contributed by atoms with Gasteiger partial charge in [-0.25, -0.2) is 4.98 Å². The number of hydrogen-bond donors (Lipinski definition) is 0. The number of imidazole rings is 1. The highest BCUT2D eigenvalue weighted by Gasteiger charge is 2.14. The van der Waals surface area contributed by atoms with Gasteiger partial charge in [0, 0.05) is 17.8 Å². The summed E-state index contributed by atoms with van der Waals surface area (Å²) in [6.07, 6.45) is 3.40. The molecule has 0 N–H and O–H groups in total. The zero-order valence-corrected chi connectivity index (χ0v) is 13.7. The molecule has 2 rings (SSSR count). The molecule has 2 atom stereocenters. The van der Waals surface area contributed by atoms with Crippen molar-refractivity contribution < 1.29 is 0 Å². The van der Waals surface area contributed by atoms with Crippen LogP contribution < -0.4 is 0 Å². The molecule has 0 aliphatic heterocycles. The number of aryl methyl sites for hydroxylation is 1. The van der Waals surface area contributed by atoms with Crippen molar-refractivity contribution in [1.82, 2.24) is 9.55 Å². The van der Waals surface area contributed by atoms with E-state index in [9.17, 15) is 0 Å². The highest BCUT2D eigenvalue weighted by Crippen LogP contribution is 2.21. The topological polar surface area (TPSA) is 17.8 Å². The molecule has 3 heteroatoms. The molecule has 0 bridgehead atoms. The van der Waals surface area contributed by atoms with Crippen molar-refractivity contribution in [2.24, 2.45) is 5.92 Å². The Labute approximate surface area is 124 Å². The first-order valence-electron chi connectivity index (χ1n) is 7.20. The van der Waals surface area contributed by atoms with Crippen LogP contribution in [0.1, 0.15) is 39.4 Å². The van der Waals surface area contributed by atoms with E-state index in [4.69, 9.17) is 4.98 Å². The summed E-state index contributed by atoms with van der Waals surface area (Å²) in [6, 6.07) is 8.46. The Bertz CT molecular complexity index is 531. The standard InChI is InChI=1S/C16H23BrN2/c1-4-9-19-15-8-6-5-7-14(15)18-16(19)11-12(2)10-13(3)17/h5-8,12-13H,4,9-11H2,1-3H3. The van der Waals surface area contributed by atoms with Gasteiger partial charge in [-0.3, -0.25) is 0 Å². The maximum atomic E-state index is 4.83. The smallest absolute Gasteiger partial charge is 0.110 e. The van der Waals surface area contributed by atoms with Crippen LogP contribution in [0, 0.1) is 5.92 Å². The number of hydrogen-bond acceptors (Lipinski definition) is 1. The van der Waals surface area contributed by atoms with Crippen LogP contribution >= 0.6 is 15.9 Å². The molecule has 0 amide bonds. The van der Waals surface area contributed by atoms with E-state index in [-0.39, 0.29) is 0 Å². The summed E-state index contributed by atoms with van der Waals surface area (Å²) < 4.78 is 2.39. The average molecular weight is 323 g/mol. The van der Waals surface area contributed by atoms with E-state index in [1.165, 1.54) is 17.8 Å². The number of aromatic nitrogens is 2. The molecule has 0 fully saturated rings. The van der Waals surface area contributed by atoms with Crippen molar-refractivity contribution in [3.63, 3.8) is 0 Å². The van der Waals surface area contributed by atoms with Crippen molar-refractivity contribution in [3.8, 4) is 0 Å². The Kier molecular flexibility index (Phi) is 5.03. The summed E-state index contributed by atoms with van der Waals surface area (Å²) in [5.74, 6) is 1.89. The van der Waals surface area contributed by atoms with Crippen molar-refractivity contribution in [3.05, 3.63) is 30.1 Å². The van der Waals surface area contributed by atoms with Gasteiger partial charge in [-0.2, -0.15) is 0 Å². The highest BCUT2D eigenvalue weighted by atomic mass is 79.9. The van der Waals surface area contributed by atoms with Crippen molar-refractivity contribution in [1.29, 1.82) is 0 Å². The van der Waals surface area contributed by atoms with Crippen LogP contribution in [0.25, 0.3) is 11.0 Å². The summed E-state index contributed by atoms with van der Waals surface area (Å²) >= 11 is 3.65. The predicted octanol–water partition coefficient (Wildman–Crippen LogP) is 4.80. The quantitative estimate of drug-likeness (QED) is 0.698. The van der Waals surface area contributed by atoms with Gasteiger partial charge in [-0.1, -0.05) is 48.8 Å². The number of para-hydroxylation sites is 2. The van der Waals surface area contributed by atoms with E-state index >= 15 is 0 Å². The summed E-state index contributed by atoms with van der Waals surface area (Å²) in [6.45, 7) is 7.81. The molecule has 1 aromatic heterocycles. The van der Waals surface area contributed by atoms with E-state index in [0.29, 0.717) is 10.7 Å².